The Morgan fingerprint density at radius 3 is 2.58 bits per heavy atom. The van der Waals surface area contributed by atoms with Crippen molar-refractivity contribution in [2.75, 3.05) is 0 Å². The van der Waals surface area contributed by atoms with Crippen LogP contribution < -0.4 is 5.43 Å². The number of benzene rings is 2. The van der Waals surface area contributed by atoms with Crippen LogP contribution in [0.5, 0.6) is 0 Å². The highest BCUT2D eigenvalue weighted by Crippen LogP contribution is 2.23. The van der Waals surface area contributed by atoms with E-state index in [2.05, 4.69) is 15.1 Å². The SMILES string of the molecule is Cc1c(C=NNC(=O)[C@H](O)c2ccccc2)c2ccccc2n1C. The van der Waals surface area contributed by atoms with Gasteiger partial charge in [-0.1, -0.05) is 48.5 Å². The van der Waals surface area contributed by atoms with Crippen LogP contribution in [0.3, 0.4) is 0 Å². The molecule has 0 radical (unpaired) electrons. The molecule has 5 nitrogen and oxygen atoms in total. The summed E-state index contributed by atoms with van der Waals surface area (Å²) in [4.78, 5) is 12.0. The molecule has 0 bridgehead atoms. The van der Waals surface area contributed by atoms with Gasteiger partial charge in [-0.25, -0.2) is 5.43 Å². The molecule has 0 aliphatic heterocycles. The highest BCUT2D eigenvalue weighted by Gasteiger charge is 2.16. The number of hydrazone groups is 1. The van der Waals surface area contributed by atoms with E-state index in [1.54, 1.807) is 30.5 Å². The molecule has 1 heterocycles. The zero-order valence-electron chi connectivity index (χ0n) is 13.6. The van der Waals surface area contributed by atoms with Crippen LogP contribution in [-0.2, 0) is 11.8 Å². The first kappa shape index (κ1) is 16.0. The minimum Gasteiger partial charge on any atom is -0.378 e. The molecule has 0 saturated heterocycles. The summed E-state index contributed by atoms with van der Waals surface area (Å²) < 4.78 is 2.08. The average Bonchev–Trinajstić information content (AvgIpc) is 2.87. The Hall–Kier alpha value is -2.92. The van der Waals surface area contributed by atoms with Crippen LogP contribution in [0.1, 0.15) is 22.9 Å². The van der Waals surface area contributed by atoms with Crippen LogP contribution in [0.2, 0.25) is 0 Å². The Kier molecular flexibility index (Phi) is 4.44. The number of aliphatic hydroxyl groups excluding tert-OH is 1. The average molecular weight is 321 g/mol. The number of aromatic nitrogens is 1. The molecule has 0 spiro atoms. The van der Waals surface area contributed by atoms with Crippen LogP contribution in [0.4, 0.5) is 0 Å². The molecule has 0 saturated carbocycles. The number of nitrogens with one attached hydrogen (secondary N) is 1. The maximum Gasteiger partial charge on any atom is 0.273 e. The van der Waals surface area contributed by atoms with Gasteiger partial charge in [-0.2, -0.15) is 5.10 Å². The summed E-state index contributed by atoms with van der Waals surface area (Å²) in [7, 11) is 1.99. The predicted octanol–water partition coefficient (Wildman–Crippen LogP) is 2.67. The lowest BCUT2D eigenvalue weighted by Gasteiger charge is -2.08. The fraction of sp³-hybridized carbons (Fsp3) is 0.158. The lowest BCUT2D eigenvalue weighted by Crippen LogP contribution is -2.25. The van der Waals surface area contributed by atoms with Crippen molar-refractivity contribution in [3.63, 3.8) is 0 Å². The number of hydrogen-bond donors (Lipinski definition) is 2. The summed E-state index contributed by atoms with van der Waals surface area (Å²) in [5, 5.41) is 15.1. The molecule has 1 amide bonds. The Balaban J connectivity index is 1.78. The van der Waals surface area contributed by atoms with E-state index in [0.717, 1.165) is 22.2 Å². The molecule has 5 heteroatoms. The zero-order valence-corrected chi connectivity index (χ0v) is 13.6. The van der Waals surface area contributed by atoms with Crippen LogP contribution >= 0.6 is 0 Å². The maximum atomic E-state index is 12.0. The smallest absolute Gasteiger partial charge is 0.273 e. The van der Waals surface area contributed by atoms with Crippen LogP contribution in [0.25, 0.3) is 10.9 Å². The first-order chi connectivity index (χ1) is 11.6. The lowest BCUT2D eigenvalue weighted by atomic mass is 10.1. The van der Waals surface area contributed by atoms with Crippen LogP contribution in [0, 0.1) is 6.92 Å². The number of para-hydroxylation sites is 1. The summed E-state index contributed by atoms with van der Waals surface area (Å²) in [5.41, 5.74) is 6.04. The van der Waals surface area contributed by atoms with E-state index in [1.165, 1.54) is 0 Å². The third-order valence-corrected chi connectivity index (χ3v) is 4.18. The molecule has 0 fully saturated rings. The molecule has 2 aromatic carbocycles. The van der Waals surface area contributed by atoms with E-state index >= 15 is 0 Å². The van der Waals surface area contributed by atoms with Gasteiger partial charge in [0.15, 0.2) is 6.10 Å². The highest BCUT2D eigenvalue weighted by molar-refractivity contribution is 6.01. The van der Waals surface area contributed by atoms with Crippen molar-refractivity contribution in [1.82, 2.24) is 9.99 Å². The third kappa shape index (κ3) is 2.94. The number of hydrogen-bond acceptors (Lipinski definition) is 3. The number of amides is 1. The summed E-state index contributed by atoms with van der Waals surface area (Å²) in [6, 6.07) is 16.8. The van der Waals surface area contributed by atoms with Crippen molar-refractivity contribution in [3.05, 3.63) is 71.4 Å². The summed E-state index contributed by atoms with van der Waals surface area (Å²) in [6.07, 6.45) is 0.379. The second kappa shape index (κ2) is 6.68. The van der Waals surface area contributed by atoms with Gasteiger partial charge in [0, 0.05) is 29.2 Å². The molecule has 3 aromatic rings. The maximum absolute atomic E-state index is 12.0. The van der Waals surface area contributed by atoms with Crippen molar-refractivity contribution in [1.29, 1.82) is 0 Å². The topological polar surface area (TPSA) is 66.6 Å². The molecule has 3 rings (SSSR count). The van der Waals surface area contributed by atoms with Gasteiger partial charge in [0.2, 0.25) is 0 Å². The Labute approximate surface area is 140 Å². The molecule has 122 valence electrons. The van der Waals surface area contributed by atoms with Crippen LogP contribution in [0.15, 0.2) is 59.7 Å². The second-order valence-corrected chi connectivity index (χ2v) is 5.62. The Morgan fingerprint density at radius 2 is 1.83 bits per heavy atom. The van der Waals surface area contributed by atoms with E-state index in [-0.39, 0.29) is 0 Å². The van der Waals surface area contributed by atoms with Gasteiger partial charge >= 0.3 is 0 Å². The number of carbonyl (C=O) groups is 1. The number of rotatable bonds is 4. The van der Waals surface area contributed by atoms with E-state index in [1.807, 2.05) is 44.3 Å². The molecule has 0 aliphatic carbocycles. The van der Waals surface area contributed by atoms with E-state index in [0.29, 0.717) is 5.56 Å². The summed E-state index contributed by atoms with van der Waals surface area (Å²) >= 11 is 0. The second-order valence-electron chi connectivity index (χ2n) is 5.62. The molecule has 1 atom stereocenters. The standard InChI is InChI=1S/C19H19N3O2/c1-13-16(15-10-6-7-11-17(15)22(13)2)12-20-21-19(24)18(23)14-8-4-3-5-9-14/h3-12,18,23H,1-2H3,(H,21,24)/t18-/m1/s1. The number of fused-ring (bicyclic) bond motifs is 1. The molecular formula is C19H19N3O2. The third-order valence-electron chi connectivity index (χ3n) is 4.18. The van der Waals surface area contributed by atoms with Gasteiger partial charge in [-0.3, -0.25) is 4.79 Å². The van der Waals surface area contributed by atoms with Crippen molar-refractivity contribution < 1.29 is 9.90 Å². The van der Waals surface area contributed by atoms with E-state index in [9.17, 15) is 9.90 Å². The van der Waals surface area contributed by atoms with Gasteiger partial charge in [-0.15, -0.1) is 0 Å². The van der Waals surface area contributed by atoms with Gasteiger partial charge in [0.05, 0.1) is 6.21 Å². The highest BCUT2D eigenvalue weighted by atomic mass is 16.3. The monoisotopic (exact) mass is 321 g/mol. The number of carbonyl (C=O) groups excluding carboxylic acids is 1. The number of aliphatic hydroxyl groups is 1. The number of aryl methyl sites for hydroxylation is 1. The molecule has 0 unspecified atom stereocenters. The first-order valence-electron chi connectivity index (χ1n) is 7.69. The molecule has 2 N–H and O–H groups in total. The molecule has 0 aliphatic rings. The molecular weight excluding hydrogens is 302 g/mol. The Bertz CT molecular complexity index is 898. The van der Waals surface area contributed by atoms with Gasteiger partial charge in [-0.05, 0) is 18.6 Å². The largest absolute Gasteiger partial charge is 0.378 e. The van der Waals surface area contributed by atoms with Crippen molar-refractivity contribution >= 4 is 23.0 Å². The molecule has 1 aromatic heterocycles. The summed E-state index contributed by atoms with van der Waals surface area (Å²) in [5.74, 6) is -0.560. The van der Waals surface area contributed by atoms with E-state index in [4.69, 9.17) is 0 Å². The minimum atomic E-state index is -1.24. The fourth-order valence-corrected chi connectivity index (χ4v) is 2.72. The van der Waals surface area contributed by atoms with Gasteiger partial charge < -0.3 is 9.67 Å². The lowest BCUT2D eigenvalue weighted by molar-refractivity contribution is -0.129. The van der Waals surface area contributed by atoms with Crippen LogP contribution in [-0.4, -0.2) is 21.8 Å². The normalized spacial score (nSPS) is 12.6. The van der Waals surface area contributed by atoms with E-state index < -0.39 is 12.0 Å². The molecule has 24 heavy (non-hydrogen) atoms. The summed E-state index contributed by atoms with van der Waals surface area (Å²) in [6.45, 7) is 2.00. The minimum absolute atomic E-state index is 0.534. The Morgan fingerprint density at radius 1 is 1.17 bits per heavy atom. The first-order valence-corrected chi connectivity index (χ1v) is 7.69. The van der Waals surface area contributed by atoms with Crippen molar-refractivity contribution in [2.45, 2.75) is 13.0 Å². The predicted molar refractivity (Wildman–Crippen MR) is 94.8 cm³/mol. The number of nitrogens with zero attached hydrogens (tertiary/aromatic N) is 2. The van der Waals surface area contributed by atoms with Gasteiger partial charge in [0.25, 0.3) is 5.91 Å². The quantitative estimate of drug-likeness (QED) is 0.573. The van der Waals surface area contributed by atoms with Crippen molar-refractivity contribution in [3.8, 4) is 0 Å². The zero-order chi connectivity index (χ0) is 17.1. The fourth-order valence-electron chi connectivity index (χ4n) is 2.72. The van der Waals surface area contributed by atoms with Gasteiger partial charge in [0.1, 0.15) is 0 Å². The van der Waals surface area contributed by atoms with Crippen molar-refractivity contribution in [2.24, 2.45) is 12.1 Å².